The summed E-state index contributed by atoms with van der Waals surface area (Å²) in [6.45, 7) is 2.79. The van der Waals surface area contributed by atoms with E-state index in [0.717, 1.165) is 18.7 Å². The molecule has 2 rings (SSSR count). The van der Waals surface area contributed by atoms with Crippen LogP contribution in [0.4, 0.5) is 0 Å². The van der Waals surface area contributed by atoms with Gasteiger partial charge in [0.1, 0.15) is 5.69 Å². The topological polar surface area (TPSA) is 47.3 Å². The number of hydrogen-bond donors (Lipinski definition) is 1. The molecule has 0 radical (unpaired) electrons. The monoisotopic (exact) mass is 270 g/mol. The van der Waals surface area contributed by atoms with Gasteiger partial charge in [-0.1, -0.05) is 0 Å². The number of aromatic nitrogens is 2. The minimum atomic E-state index is -0.463. The van der Waals surface area contributed by atoms with E-state index in [2.05, 4.69) is 5.10 Å². The Bertz CT molecular complexity index is 354. The molecule has 1 aliphatic heterocycles. The van der Waals surface area contributed by atoms with Crippen molar-refractivity contribution in [1.82, 2.24) is 9.78 Å². The van der Waals surface area contributed by atoms with Gasteiger partial charge in [0.25, 0.3) is 0 Å². The largest absolute Gasteiger partial charge is 0.493 e. The molecule has 4 nitrogen and oxygen atoms in total. The van der Waals surface area contributed by atoms with Gasteiger partial charge in [-0.05, 0) is 43.6 Å². The molecule has 1 aromatic heterocycles. The van der Waals surface area contributed by atoms with Crippen LogP contribution < -0.4 is 4.74 Å². The number of aliphatic hydroxyl groups excluding tert-OH is 1. The van der Waals surface area contributed by atoms with Crippen molar-refractivity contribution in [1.29, 1.82) is 0 Å². The third-order valence-corrected chi connectivity index (χ3v) is 4.63. The number of hydrogen-bond acceptors (Lipinski definition) is 4. The summed E-state index contributed by atoms with van der Waals surface area (Å²) in [6, 6.07) is 0. The number of thioether (sulfide) groups is 1. The number of nitrogens with zero attached hydrogens (tertiary/aromatic N) is 2. The Morgan fingerprint density at radius 3 is 2.89 bits per heavy atom. The van der Waals surface area contributed by atoms with Gasteiger partial charge in [0.2, 0.25) is 0 Å². The normalized spacial score (nSPS) is 18.8. The van der Waals surface area contributed by atoms with Crippen LogP contribution in [-0.4, -0.2) is 33.5 Å². The highest BCUT2D eigenvalue weighted by Gasteiger charge is 2.24. The molecule has 0 saturated carbocycles. The minimum Gasteiger partial charge on any atom is -0.493 e. The molecule has 1 N–H and O–H groups in total. The average Bonchev–Trinajstić information content (AvgIpc) is 2.82. The molecule has 5 heteroatoms. The molecule has 0 spiro atoms. The molecule has 18 heavy (non-hydrogen) atoms. The third-order valence-electron chi connectivity index (χ3n) is 3.58. The number of aryl methyl sites for hydroxylation is 1. The molecular formula is C13H22N2O2S. The van der Waals surface area contributed by atoms with Crippen LogP contribution in [0.2, 0.25) is 0 Å². The Morgan fingerprint density at radius 2 is 2.28 bits per heavy atom. The zero-order valence-corrected chi connectivity index (χ0v) is 11.9. The maximum absolute atomic E-state index is 10.4. The lowest BCUT2D eigenvalue weighted by Crippen LogP contribution is -2.16. The van der Waals surface area contributed by atoms with E-state index < -0.39 is 6.10 Å². The summed E-state index contributed by atoms with van der Waals surface area (Å²) in [5.41, 5.74) is 0.832. The first-order valence-electron chi connectivity index (χ1n) is 6.61. The van der Waals surface area contributed by atoms with Gasteiger partial charge in [0.05, 0.1) is 19.4 Å². The molecule has 1 aliphatic rings. The SMILES string of the molecule is CCn1ncc(OC)c1C(O)CC1CCSCC1. The Kier molecular flexibility index (Phi) is 4.95. The van der Waals surface area contributed by atoms with E-state index >= 15 is 0 Å². The third kappa shape index (κ3) is 3.01. The van der Waals surface area contributed by atoms with Crippen molar-refractivity contribution in [2.75, 3.05) is 18.6 Å². The van der Waals surface area contributed by atoms with Gasteiger partial charge >= 0.3 is 0 Å². The number of rotatable bonds is 5. The van der Waals surface area contributed by atoms with Crippen LogP contribution in [-0.2, 0) is 6.54 Å². The highest BCUT2D eigenvalue weighted by Crippen LogP contribution is 2.34. The Hall–Kier alpha value is -0.680. The standard InChI is InChI=1S/C13H22N2O2S/c1-3-15-13(12(17-2)9-14-15)11(16)8-10-4-6-18-7-5-10/h9-11,16H,3-8H2,1-2H3. The smallest absolute Gasteiger partial charge is 0.162 e. The number of aliphatic hydroxyl groups is 1. The highest BCUT2D eigenvalue weighted by molar-refractivity contribution is 7.99. The second-order valence-electron chi connectivity index (χ2n) is 4.72. The molecule has 1 fully saturated rings. The summed E-state index contributed by atoms with van der Waals surface area (Å²) in [6.07, 6.45) is 4.48. The van der Waals surface area contributed by atoms with Crippen molar-refractivity contribution in [3.05, 3.63) is 11.9 Å². The molecular weight excluding hydrogens is 248 g/mol. The van der Waals surface area contributed by atoms with E-state index in [1.165, 1.54) is 24.3 Å². The highest BCUT2D eigenvalue weighted by atomic mass is 32.2. The van der Waals surface area contributed by atoms with E-state index in [1.54, 1.807) is 13.3 Å². The predicted octanol–water partition coefficient (Wildman–Crippen LogP) is 2.48. The van der Waals surface area contributed by atoms with E-state index in [1.807, 2.05) is 23.4 Å². The molecule has 0 aromatic carbocycles. The fourth-order valence-corrected chi connectivity index (χ4v) is 3.74. The molecule has 2 heterocycles. The zero-order valence-electron chi connectivity index (χ0n) is 11.1. The predicted molar refractivity (Wildman–Crippen MR) is 74.1 cm³/mol. The van der Waals surface area contributed by atoms with Gasteiger partial charge in [-0.3, -0.25) is 4.68 Å². The van der Waals surface area contributed by atoms with Gasteiger partial charge in [0.15, 0.2) is 5.75 Å². The first-order chi connectivity index (χ1) is 8.76. The first-order valence-corrected chi connectivity index (χ1v) is 7.77. The van der Waals surface area contributed by atoms with E-state index in [9.17, 15) is 5.11 Å². The fourth-order valence-electron chi connectivity index (χ4n) is 2.53. The van der Waals surface area contributed by atoms with Crippen LogP contribution in [0, 0.1) is 5.92 Å². The molecule has 1 aromatic rings. The summed E-state index contributed by atoms with van der Waals surface area (Å²) in [5.74, 6) is 3.78. The Morgan fingerprint density at radius 1 is 1.56 bits per heavy atom. The summed E-state index contributed by atoms with van der Waals surface area (Å²) in [4.78, 5) is 0. The second-order valence-corrected chi connectivity index (χ2v) is 5.95. The lowest BCUT2D eigenvalue weighted by atomic mass is 9.94. The molecule has 0 amide bonds. The van der Waals surface area contributed by atoms with Crippen molar-refractivity contribution in [3.63, 3.8) is 0 Å². The van der Waals surface area contributed by atoms with E-state index in [4.69, 9.17) is 4.74 Å². The second kappa shape index (κ2) is 6.48. The maximum atomic E-state index is 10.4. The lowest BCUT2D eigenvalue weighted by Gasteiger charge is -2.24. The van der Waals surface area contributed by atoms with E-state index in [0.29, 0.717) is 11.7 Å². The molecule has 102 valence electrons. The zero-order chi connectivity index (χ0) is 13.0. The molecule has 0 bridgehead atoms. The van der Waals surface area contributed by atoms with Crippen LogP contribution in [0.15, 0.2) is 6.20 Å². The Balaban J connectivity index is 2.06. The van der Waals surface area contributed by atoms with Gasteiger partial charge in [-0.2, -0.15) is 16.9 Å². The first kappa shape index (κ1) is 13.7. The van der Waals surface area contributed by atoms with Gasteiger partial charge in [-0.25, -0.2) is 0 Å². The van der Waals surface area contributed by atoms with Gasteiger partial charge in [-0.15, -0.1) is 0 Å². The van der Waals surface area contributed by atoms with Gasteiger partial charge in [0, 0.05) is 6.54 Å². The van der Waals surface area contributed by atoms with Crippen molar-refractivity contribution in [3.8, 4) is 5.75 Å². The van der Waals surface area contributed by atoms with Crippen molar-refractivity contribution >= 4 is 11.8 Å². The minimum absolute atomic E-state index is 0.463. The van der Waals surface area contributed by atoms with Crippen LogP contribution in [0.5, 0.6) is 5.75 Å². The van der Waals surface area contributed by atoms with Crippen LogP contribution >= 0.6 is 11.8 Å². The summed E-state index contributed by atoms with van der Waals surface area (Å²) < 4.78 is 7.13. The van der Waals surface area contributed by atoms with Crippen LogP contribution in [0.1, 0.15) is 38.0 Å². The average molecular weight is 270 g/mol. The number of ether oxygens (including phenoxy) is 1. The van der Waals surface area contributed by atoms with Crippen molar-refractivity contribution < 1.29 is 9.84 Å². The van der Waals surface area contributed by atoms with Crippen molar-refractivity contribution in [2.24, 2.45) is 5.92 Å². The Labute approximate surface area is 113 Å². The van der Waals surface area contributed by atoms with Crippen LogP contribution in [0.25, 0.3) is 0 Å². The maximum Gasteiger partial charge on any atom is 0.162 e. The quantitative estimate of drug-likeness (QED) is 0.893. The molecule has 1 unspecified atom stereocenters. The molecule has 1 atom stereocenters. The summed E-state index contributed by atoms with van der Waals surface area (Å²) in [5, 5.41) is 14.7. The molecule has 0 aliphatic carbocycles. The van der Waals surface area contributed by atoms with Crippen LogP contribution in [0.3, 0.4) is 0 Å². The van der Waals surface area contributed by atoms with Gasteiger partial charge < -0.3 is 9.84 Å². The van der Waals surface area contributed by atoms with E-state index in [-0.39, 0.29) is 0 Å². The van der Waals surface area contributed by atoms with Crippen molar-refractivity contribution in [2.45, 2.75) is 38.8 Å². The summed E-state index contributed by atoms with van der Waals surface area (Å²) in [7, 11) is 1.63. The molecule has 1 saturated heterocycles. The fraction of sp³-hybridized carbons (Fsp3) is 0.769. The summed E-state index contributed by atoms with van der Waals surface area (Å²) >= 11 is 2.01. The lowest BCUT2D eigenvalue weighted by molar-refractivity contribution is 0.128. The number of methoxy groups -OCH3 is 1.